The molecular weight excluding hydrogens is 198 g/mol. The van der Waals surface area contributed by atoms with E-state index in [9.17, 15) is 0 Å². The molecule has 2 heterocycles. The fourth-order valence-electron chi connectivity index (χ4n) is 2.84. The Morgan fingerprint density at radius 1 is 1.12 bits per heavy atom. The minimum atomic E-state index is 0.504. The summed E-state index contributed by atoms with van der Waals surface area (Å²) in [5.74, 6) is 0.504. The molecule has 0 saturated heterocycles. The van der Waals surface area contributed by atoms with Crippen LogP contribution in [-0.4, -0.2) is 19.3 Å². The molecule has 0 radical (unpaired) electrons. The summed E-state index contributed by atoms with van der Waals surface area (Å²) in [6.45, 7) is 2.01. The molecule has 80 valence electrons. The van der Waals surface area contributed by atoms with Gasteiger partial charge in [-0.1, -0.05) is 0 Å². The topological polar surface area (TPSA) is 36.4 Å². The third-order valence-corrected chi connectivity index (χ3v) is 3.63. The fourth-order valence-corrected chi connectivity index (χ4v) is 2.84. The number of hydrogen-bond acceptors (Lipinski definition) is 3. The zero-order valence-electron chi connectivity index (χ0n) is 8.96. The average molecular weight is 211 g/mol. The van der Waals surface area contributed by atoms with E-state index in [2.05, 4.69) is 34.0 Å². The highest BCUT2D eigenvalue weighted by molar-refractivity contribution is 5.91. The number of nitrogens with one attached hydrogen (secondary N) is 2. The Labute approximate surface area is 94.3 Å². The molecule has 0 saturated carbocycles. The van der Waals surface area contributed by atoms with Gasteiger partial charge in [-0.15, -0.1) is 0 Å². The van der Waals surface area contributed by atoms with Crippen LogP contribution in [0.4, 0.5) is 11.4 Å². The summed E-state index contributed by atoms with van der Waals surface area (Å²) >= 11 is 0. The zero-order chi connectivity index (χ0) is 10.5. The SMILES string of the molecule is C1=NC=C2CC1c1cc3c(cc12)NCCN3. The van der Waals surface area contributed by atoms with Gasteiger partial charge in [-0.3, -0.25) is 4.99 Å². The van der Waals surface area contributed by atoms with E-state index in [1.54, 1.807) is 0 Å². The number of anilines is 2. The summed E-state index contributed by atoms with van der Waals surface area (Å²) in [5.41, 5.74) is 6.68. The molecule has 3 heteroatoms. The van der Waals surface area contributed by atoms with Gasteiger partial charge in [0.05, 0.1) is 11.4 Å². The number of benzene rings is 1. The number of hydrogen-bond donors (Lipinski definition) is 2. The lowest BCUT2D eigenvalue weighted by Crippen LogP contribution is -2.20. The molecule has 3 aliphatic rings. The van der Waals surface area contributed by atoms with E-state index in [1.807, 2.05) is 6.20 Å². The number of nitrogens with zero attached hydrogens (tertiary/aromatic N) is 1. The summed E-state index contributed by atoms with van der Waals surface area (Å²) in [7, 11) is 0. The quantitative estimate of drug-likeness (QED) is 0.691. The van der Waals surface area contributed by atoms with Gasteiger partial charge in [0.1, 0.15) is 0 Å². The fraction of sp³-hybridized carbons (Fsp3) is 0.308. The molecule has 0 fully saturated rings. The lowest BCUT2D eigenvalue weighted by atomic mass is 10.0. The summed E-state index contributed by atoms with van der Waals surface area (Å²) < 4.78 is 0. The number of fused-ring (bicyclic) bond motifs is 6. The van der Waals surface area contributed by atoms with Crippen LogP contribution in [0.1, 0.15) is 23.5 Å². The van der Waals surface area contributed by atoms with Crippen molar-refractivity contribution >= 4 is 23.2 Å². The first-order valence-corrected chi connectivity index (χ1v) is 5.80. The van der Waals surface area contributed by atoms with Gasteiger partial charge in [0.25, 0.3) is 0 Å². The number of rotatable bonds is 0. The second kappa shape index (κ2) is 2.88. The molecule has 2 N–H and O–H groups in total. The predicted molar refractivity (Wildman–Crippen MR) is 67.2 cm³/mol. The predicted octanol–water partition coefficient (Wildman–Crippen LogP) is 2.44. The molecule has 1 atom stereocenters. The van der Waals surface area contributed by atoms with Crippen LogP contribution < -0.4 is 10.6 Å². The zero-order valence-corrected chi connectivity index (χ0v) is 8.96. The molecule has 4 rings (SSSR count). The van der Waals surface area contributed by atoms with Gasteiger partial charge in [-0.2, -0.15) is 0 Å². The van der Waals surface area contributed by atoms with E-state index < -0.39 is 0 Å². The standard InChI is InChI=1S/C13H13N3/c1-2-16-13-5-11-9-3-8(6-14-7-9)10(11)4-12(13)15-1/h4-8,15-16H,1-3H2. The maximum absolute atomic E-state index is 4.32. The summed E-state index contributed by atoms with van der Waals surface area (Å²) in [6, 6.07) is 4.57. The highest BCUT2D eigenvalue weighted by Gasteiger charge is 2.29. The van der Waals surface area contributed by atoms with Gasteiger partial charge in [0.2, 0.25) is 0 Å². The third kappa shape index (κ3) is 1.00. The van der Waals surface area contributed by atoms with Crippen molar-refractivity contribution in [3.05, 3.63) is 29.5 Å². The Bertz CT molecular complexity index is 528. The third-order valence-electron chi connectivity index (χ3n) is 3.63. The van der Waals surface area contributed by atoms with E-state index in [0.717, 1.165) is 19.5 Å². The first-order chi connectivity index (χ1) is 7.92. The van der Waals surface area contributed by atoms with Crippen molar-refractivity contribution in [3.8, 4) is 0 Å². The molecule has 2 aliphatic heterocycles. The molecule has 0 spiro atoms. The van der Waals surface area contributed by atoms with E-state index in [0.29, 0.717) is 5.92 Å². The average Bonchev–Trinajstić information content (AvgIpc) is 2.59. The van der Waals surface area contributed by atoms with Crippen LogP contribution in [0.2, 0.25) is 0 Å². The summed E-state index contributed by atoms with van der Waals surface area (Å²) in [6.07, 6.45) is 5.20. The Hall–Kier alpha value is -1.77. The van der Waals surface area contributed by atoms with Crippen LogP contribution in [0.3, 0.4) is 0 Å². The van der Waals surface area contributed by atoms with Crippen LogP contribution in [0, 0.1) is 0 Å². The van der Waals surface area contributed by atoms with Crippen molar-refractivity contribution in [2.75, 3.05) is 23.7 Å². The van der Waals surface area contributed by atoms with E-state index in [4.69, 9.17) is 0 Å². The van der Waals surface area contributed by atoms with Crippen molar-refractivity contribution in [1.82, 2.24) is 0 Å². The Balaban J connectivity index is 1.94. The second-order valence-corrected chi connectivity index (χ2v) is 4.60. The minimum Gasteiger partial charge on any atom is -0.382 e. The largest absolute Gasteiger partial charge is 0.382 e. The molecule has 1 aliphatic carbocycles. The van der Waals surface area contributed by atoms with Crippen LogP contribution >= 0.6 is 0 Å². The van der Waals surface area contributed by atoms with E-state index in [1.165, 1.54) is 28.1 Å². The van der Waals surface area contributed by atoms with Gasteiger partial charge in [0, 0.05) is 31.4 Å². The Morgan fingerprint density at radius 2 is 1.94 bits per heavy atom. The molecule has 16 heavy (non-hydrogen) atoms. The molecule has 0 aromatic heterocycles. The normalized spacial score (nSPS) is 24.0. The van der Waals surface area contributed by atoms with Crippen molar-refractivity contribution in [2.24, 2.45) is 4.99 Å². The lowest BCUT2D eigenvalue weighted by molar-refractivity contribution is 0.975. The Kier molecular flexibility index (Phi) is 1.51. The van der Waals surface area contributed by atoms with Gasteiger partial charge in [0.15, 0.2) is 0 Å². The van der Waals surface area contributed by atoms with E-state index >= 15 is 0 Å². The molecule has 3 nitrogen and oxygen atoms in total. The molecule has 1 unspecified atom stereocenters. The highest BCUT2D eigenvalue weighted by Crippen LogP contribution is 2.45. The molecule has 1 aromatic carbocycles. The van der Waals surface area contributed by atoms with Gasteiger partial charge in [-0.25, -0.2) is 0 Å². The molecule has 1 aromatic rings. The number of allylic oxidation sites excluding steroid dienone is 1. The van der Waals surface area contributed by atoms with Crippen LogP contribution in [0.15, 0.2) is 23.3 Å². The van der Waals surface area contributed by atoms with Gasteiger partial charge >= 0.3 is 0 Å². The maximum atomic E-state index is 4.32. The van der Waals surface area contributed by atoms with Crippen LogP contribution in [-0.2, 0) is 0 Å². The highest BCUT2D eigenvalue weighted by atomic mass is 15.0. The second-order valence-electron chi connectivity index (χ2n) is 4.60. The molecule has 0 amide bonds. The van der Waals surface area contributed by atoms with Crippen molar-refractivity contribution in [1.29, 1.82) is 0 Å². The molecular formula is C13H13N3. The van der Waals surface area contributed by atoms with Crippen LogP contribution in [0.5, 0.6) is 0 Å². The van der Waals surface area contributed by atoms with Gasteiger partial charge < -0.3 is 10.6 Å². The lowest BCUT2D eigenvalue weighted by Gasteiger charge is -2.21. The Morgan fingerprint density at radius 3 is 2.81 bits per heavy atom. The molecule has 2 bridgehead atoms. The number of aliphatic imine (C=N–C) groups is 1. The first kappa shape index (κ1) is 8.39. The first-order valence-electron chi connectivity index (χ1n) is 5.80. The van der Waals surface area contributed by atoms with Gasteiger partial charge in [-0.05, 0) is 35.3 Å². The van der Waals surface area contributed by atoms with Crippen molar-refractivity contribution in [2.45, 2.75) is 12.3 Å². The van der Waals surface area contributed by atoms with Crippen molar-refractivity contribution < 1.29 is 0 Å². The summed E-state index contributed by atoms with van der Waals surface area (Å²) in [4.78, 5) is 4.32. The van der Waals surface area contributed by atoms with Crippen molar-refractivity contribution in [3.63, 3.8) is 0 Å². The monoisotopic (exact) mass is 211 g/mol. The minimum absolute atomic E-state index is 0.504. The summed E-state index contributed by atoms with van der Waals surface area (Å²) in [5, 5.41) is 6.89. The maximum Gasteiger partial charge on any atom is 0.0582 e. The van der Waals surface area contributed by atoms with E-state index in [-0.39, 0.29) is 0 Å². The van der Waals surface area contributed by atoms with Crippen LogP contribution in [0.25, 0.3) is 5.57 Å². The smallest absolute Gasteiger partial charge is 0.0582 e.